The van der Waals surface area contributed by atoms with Crippen LogP contribution in [0.25, 0.3) is 0 Å². The molecule has 2 N–H and O–H groups in total. The molecule has 0 spiro atoms. The third-order valence-electron chi connectivity index (χ3n) is 4.15. The standard InChI is InChI=1S/C20H18ClFN2O3S2/c21-16-3-1-14(2-4-16)20(15-10-12-28-13-15)24-19(25)9-11-23-29(26,27)18-7-5-17(22)6-8-18/h1-8,10,12-13,20,23H,9,11H2,(H,24,25). The summed E-state index contributed by atoms with van der Waals surface area (Å²) in [6, 6.07) is 13.2. The van der Waals surface area contributed by atoms with Gasteiger partial charge in [-0.1, -0.05) is 23.7 Å². The van der Waals surface area contributed by atoms with Gasteiger partial charge in [0.15, 0.2) is 0 Å². The first kappa shape index (κ1) is 21.4. The van der Waals surface area contributed by atoms with Gasteiger partial charge in [0.1, 0.15) is 5.82 Å². The smallest absolute Gasteiger partial charge is 0.240 e. The van der Waals surface area contributed by atoms with E-state index in [4.69, 9.17) is 11.6 Å². The Balaban J connectivity index is 1.62. The molecule has 1 heterocycles. The van der Waals surface area contributed by atoms with Crippen LogP contribution in [0.4, 0.5) is 4.39 Å². The van der Waals surface area contributed by atoms with Crippen molar-refractivity contribution in [3.63, 3.8) is 0 Å². The van der Waals surface area contributed by atoms with E-state index in [1.54, 1.807) is 12.1 Å². The maximum absolute atomic E-state index is 13.0. The summed E-state index contributed by atoms with van der Waals surface area (Å²) in [5, 5.41) is 7.38. The number of sulfonamides is 1. The highest BCUT2D eigenvalue weighted by Gasteiger charge is 2.19. The zero-order valence-electron chi connectivity index (χ0n) is 15.1. The van der Waals surface area contributed by atoms with Gasteiger partial charge in [-0.25, -0.2) is 17.5 Å². The number of halogens is 2. The Kier molecular flexibility index (Phi) is 7.02. The van der Waals surface area contributed by atoms with E-state index in [1.807, 2.05) is 29.0 Å². The van der Waals surface area contributed by atoms with Crippen molar-refractivity contribution in [3.8, 4) is 0 Å². The van der Waals surface area contributed by atoms with Gasteiger partial charge < -0.3 is 5.32 Å². The summed E-state index contributed by atoms with van der Waals surface area (Å²) in [6.07, 6.45) is -0.0470. The van der Waals surface area contributed by atoms with Crippen LogP contribution in [0.5, 0.6) is 0 Å². The molecule has 1 unspecified atom stereocenters. The molecule has 3 rings (SSSR count). The molecular formula is C20H18ClFN2O3S2. The van der Waals surface area contributed by atoms with Crippen molar-refractivity contribution in [2.75, 3.05) is 6.54 Å². The van der Waals surface area contributed by atoms with Crippen LogP contribution < -0.4 is 10.0 Å². The number of carbonyl (C=O) groups is 1. The second kappa shape index (κ2) is 9.49. The fourth-order valence-corrected chi connectivity index (χ4v) is 4.53. The van der Waals surface area contributed by atoms with Crippen LogP contribution in [0.2, 0.25) is 5.02 Å². The molecule has 9 heteroatoms. The number of amides is 1. The van der Waals surface area contributed by atoms with Crippen LogP contribution in [0.15, 0.2) is 70.3 Å². The van der Waals surface area contributed by atoms with Crippen molar-refractivity contribution in [3.05, 3.63) is 87.3 Å². The molecule has 29 heavy (non-hydrogen) atoms. The molecule has 1 atom stereocenters. The van der Waals surface area contributed by atoms with Crippen LogP contribution >= 0.6 is 22.9 Å². The summed E-state index contributed by atoms with van der Waals surface area (Å²) < 4.78 is 39.7. The summed E-state index contributed by atoms with van der Waals surface area (Å²) >= 11 is 7.46. The zero-order chi connectivity index (χ0) is 20.9. The fraction of sp³-hybridized carbons (Fsp3) is 0.150. The van der Waals surface area contributed by atoms with Crippen molar-refractivity contribution >= 4 is 38.9 Å². The van der Waals surface area contributed by atoms with Gasteiger partial charge in [0, 0.05) is 18.0 Å². The molecule has 5 nitrogen and oxygen atoms in total. The fourth-order valence-electron chi connectivity index (χ4n) is 2.68. The highest BCUT2D eigenvalue weighted by Crippen LogP contribution is 2.25. The number of thiophene rings is 1. The molecule has 0 fully saturated rings. The molecule has 0 saturated carbocycles. The van der Waals surface area contributed by atoms with Crippen LogP contribution in [-0.4, -0.2) is 20.9 Å². The maximum Gasteiger partial charge on any atom is 0.240 e. The lowest BCUT2D eigenvalue weighted by atomic mass is 10.0. The molecule has 0 aliphatic heterocycles. The number of carbonyl (C=O) groups excluding carboxylic acids is 1. The van der Waals surface area contributed by atoms with E-state index in [0.717, 1.165) is 23.3 Å². The largest absolute Gasteiger partial charge is 0.345 e. The van der Waals surface area contributed by atoms with E-state index in [0.29, 0.717) is 5.02 Å². The van der Waals surface area contributed by atoms with Gasteiger partial charge >= 0.3 is 0 Å². The lowest BCUT2D eigenvalue weighted by Gasteiger charge is -2.19. The van der Waals surface area contributed by atoms with Gasteiger partial charge in [0.2, 0.25) is 15.9 Å². The zero-order valence-corrected chi connectivity index (χ0v) is 17.5. The van der Waals surface area contributed by atoms with Crippen LogP contribution in [0, 0.1) is 5.82 Å². The Bertz CT molecular complexity index is 1050. The van der Waals surface area contributed by atoms with Crippen molar-refractivity contribution < 1.29 is 17.6 Å². The molecule has 2 aromatic carbocycles. The summed E-state index contributed by atoms with van der Waals surface area (Å²) in [5.74, 6) is -0.831. The minimum atomic E-state index is -3.81. The molecule has 152 valence electrons. The van der Waals surface area contributed by atoms with Gasteiger partial charge in [-0.2, -0.15) is 11.3 Å². The van der Waals surface area contributed by atoms with Crippen molar-refractivity contribution in [1.29, 1.82) is 0 Å². The number of hydrogen-bond acceptors (Lipinski definition) is 4. The number of hydrogen-bond donors (Lipinski definition) is 2. The van der Waals surface area contributed by atoms with E-state index in [2.05, 4.69) is 10.0 Å². The Morgan fingerprint density at radius 3 is 2.34 bits per heavy atom. The monoisotopic (exact) mass is 452 g/mol. The van der Waals surface area contributed by atoms with Crippen molar-refractivity contribution in [2.24, 2.45) is 0 Å². The third-order valence-corrected chi connectivity index (χ3v) is 6.58. The Labute approximate surface area is 177 Å². The highest BCUT2D eigenvalue weighted by atomic mass is 35.5. The van der Waals surface area contributed by atoms with Crippen molar-refractivity contribution in [2.45, 2.75) is 17.4 Å². The van der Waals surface area contributed by atoms with Gasteiger partial charge in [0.25, 0.3) is 0 Å². The molecule has 0 saturated heterocycles. The van der Waals surface area contributed by atoms with Crippen LogP contribution in [0.1, 0.15) is 23.6 Å². The summed E-state index contributed by atoms with van der Waals surface area (Å²) in [5.41, 5.74) is 1.80. The normalized spacial score (nSPS) is 12.5. The minimum absolute atomic E-state index is 0.0470. The van der Waals surface area contributed by atoms with Crippen molar-refractivity contribution in [1.82, 2.24) is 10.0 Å². The number of rotatable bonds is 8. The van der Waals surface area contributed by atoms with E-state index < -0.39 is 15.8 Å². The lowest BCUT2D eigenvalue weighted by molar-refractivity contribution is -0.121. The molecule has 0 radical (unpaired) electrons. The maximum atomic E-state index is 13.0. The molecular weight excluding hydrogens is 435 g/mol. The minimum Gasteiger partial charge on any atom is -0.345 e. The van der Waals surface area contributed by atoms with E-state index in [9.17, 15) is 17.6 Å². The van der Waals surface area contributed by atoms with Gasteiger partial charge in [-0.3, -0.25) is 4.79 Å². The molecule has 3 aromatic rings. The van der Waals surface area contributed by atoms with E-state index in [1.165, 1.54) is 23.5 Å². The van der Waals surface area contributed by atoms with E-state index >= 15 is 0 Å². The average Bonchev–Trinajstić information content (AvgIpc) is 3.22. The second-order valence-corrected chi connectivity index (χ2v) is 9.19. The van der Waals surface area contributed by atoms with Gasteiger partial charge in [0.05, 0.1) is 10.9 Å². The Morgan fingerprint density at radius 1 is 1.03 bits per heavy atom. The molecule has 0 aliphatic carbocycles. The summed E-state index contributed by atoms with van der Waals surface area (Å²) in [7, 11) is -3.81. The Hall–Kier alpha value is -2.26. The van der Waals surface area contributed by atoms with Gasteiger partial charge in [-0.05, 0) is 64.4 Å². The SMILES string of the molecule is O=C(CCNS(=O)(=O)c1ccc(F)cc1)NC(c1ccc(Cl)cc1)c1ccsc1. The molecule has 0 aliphatic rings. The van der Waals surface area contributed by atoms with Gasteiger partial charge in [-0.15, -0.1) is 0 Å². The molecule has 1 amide bonds. The molecule has 0 bridgehead atoms. The van der Waals surface area contributed by atoms with E-state index in [-0.39, 0.29) is 29.8 Å². The quantitative estimate of drug-likeness (QED) is 0.540. The van der Waals surface area contributed by atoms with Crippen LogP contribution in [0.3, 0.4) is 0 Å². The first-order chi connectivity index (χ1) is 13.8. The highest BCUT2D eigenvalue weighted by molar-refractivity contribution is 7.89. The van der Waals surface area contributed by atoms with Crippen LogP contribution in [-0.2, 0) is 14.8 Å². The summed E-state index contributed by atoms with van der Waals surface area (Å²) in [4.78, 5) is 12.4. The molecule has 1 aromatic heterocycles. The predicted molar refractivity (Wildman–Crippen MR) is 112 cm³/mol. The number of nitrogens with one attached hydrogen (secondary N) is 2. The first-order valence-corrected chi connectivity index (χ1v) is 11.5. The second-order valence-electron chi connectivity index (χ2n) is 6.21. The first-order valence-electron chi connectivity index (χ1n) is 8.67. The topological polar surface area (TPSA) is 75.3 Å². The Morgan fingerprint density at radius 2 is 1.72 bits per heavy atom. The lowest BCUT2D eigenvalue weighted by Crippen LogP contribution is -2.33. The number of benzene rings is 2. The predicted octanol–water partition coefficient (Wildman–Crippen LogP) is 4.11. The summed E-state index contributed by atoms with van der Waals surface area (Å²) in [6.45, 7) is -0.0808. The third kappa shape index (κ3) is 5.86. The average molecular weight is 453 g/mol.